The van der Waals surface area contributed by atoms with Crippen molar-refractivity contribution in [2.24, 2.45) is 0 Å². The van der Waals surface area contributed by atoms with Crippen molar-refractivity contribution in [2.45, 2.75) is 125 Å². The molecule has 3 aliphatic rings. The summed E-state index contributed by atoms with van der Waals surface area (Å²) in [5.74, 6) is -2.72. The minimum atomic E-state index is -1.26. The van der Waals surface area contributed by atoms with Crippen LogP contribution < -0.4 is 0 Å². The summed E-state index contributed by atoms with van der Waals surface area (Å²) in [5.41, 5.74) is 14.5. The molecule has 15 nitrogen and oxygen atoms in total. The zero-order valence-electron chi connectivity index (χ0n) is 38.7. The van der Waals surface area contributed by atoms with Gasteiger partial charge in [0.15, 0.2) is 18.3 Å². The highest BCUT2D eigenvalue weighted by Gasteiger charge is 2.52. The number of aromatic amines is 2. The monoisotopic (exact) mass is 910 g/mol. The van der Waals surface area contributed by atoms with E-state index in [0.717, 1.165) is 84.7 Å². The highest BCUT2D eigenvalue weighted by Crippen LogP contribution is 2.38. The Hall–Kier alpha value is -6.00. The Labute approximate surface area is 382 Å². The van der Waals surface area contributed by atoms with E-state index >= 15 is 0 Å². The van der Waals surface area contributed by atoms with Crippen LogP contribution in [-0.4, -0.2) is 98.6 Å². The number of nitrogens with one attached hydrogen (secondary N) is 2. The molecule has 3 aromatic heterocycles. The third kappa shape index (κ3) is 11.1. The molecule has 0 spiro atoms. The first kappa shape index (κ1) is 48.5. The second-order valence-corrected chi connectivity index (χ2v) is 17.5. The first-order valence-corrected chi connectivity index (χ1v) is 22.8. The number of carbonyl (C=O) groups is 5. The maximum Gasteiger partial charge on any atom is 0.306 e. The highest BCUT2D eigenvalue weighted by atomic mass is 32.2. The van der Waals surface area contributed by atoms with Crippen molar-refractivity contribution in [1.82, 2.24) is 19.9 Å². The average molecular weight is 911 g/mol. The number of ether oxygens (including phenoxy) is 6. The summed E-state index contributed by atoms with van der Waals surface area (Å²) >= 11 is 1.22. The van der Waals surface area contributed by atoms with Gasteiger partial charge in [-0.25, -0.2) is 9.97 Å². The Bertz CT molecular complexity index is 2640. The molecule has 5 atom stereocenters. The van der Waals surface area contributed by atoms with Gasteiger partial charge >= 0.3 is 29.8 Å². The number of rotatable bonds is 15. The normalized spacial score (nSPS) is 19.3. The van der Waals surface area contributed by atoms with Gasteiger partial charge in [-0.3, -0.25) is 24.0 Å². The van der Waals surface area contributed by atoms with Crippen LogP contribution in [0.3, 0.4) is 0 Å². The number of fused-ring (bicyclic) bond motifs is 8. The smallest absolute Gasteiger partial charge is 0.306 e. The number of nitrogens with zero attached hydrogens (tertiary/aromatic N) is 2. The van der Waals surface area contributed by atoms with Gasteiger partial charge in [-0.15, -0.1) is 11.8 Å². The van der Waals surface area contributed by atoms with E-state index in [1.54, 1.807) is 0 Å². The molecule has 0 radical (unpaired) electrons. The van der Waals surface area contributed by atoms with E-state index in [0.29, 0.717) is 18.6 Å². The fraction of sp³-hybridized carbons (Fsp3) is 0.449. The van der Waals surface area contributed by atoms with Crippen LogP contribution >= 0.6 is 11.8 Å². The molecule has 346 valence electrons. The van der Waals surface area contributed by atoms with E-state index in [4.69, 9.17) is 38.4 Å². The van der Waals surface area contributed by atoms with Gasteiger partial charge in [0.1, 0.15) is 18.1 Å². The predicted octanol–water partition coefficient (Wildman–Crippen LogP) is 8.47. The van der Waals surface area contributed by atoms with Crippen molar-refractivity contribution in [3.8, 4) is 0 Å². The molecular formula is C49H58N4O11S. The van der Waals surface area contributed by atoms with Crippen molar-refractivity contribution < 1.29 is 52.4 Å². The molecule has 0 aromatic carbocycles. The largest absolute Gasteiger partial charge is 0.466 e. The summed E-state index contributed by atoms with van der Waals surface area (Å²) in [6.07, 6.45) is 0.952. The number of H-pyrrole nitrogens is 2. The van der Waals surface area contributed by atoms with E-state index in [1.165, 1.54) is 50.6 Å². The third-order valence-corrected chi connectivity index (χ3v) is 12.9. The number of thioether (sulfide) groups is 1. The Morgan fingerprint density at radius 1 is 0.769 bits per heavy atom. The molecule has 0 amide bonds. The number of carbonyl (C=O) groups excluding carboxylic acids is 5. The fourth-order valence-electron chi connectivity index (χ4n) is 8.41. The van der Waals surface area contributed by atoms with Gasteiger partial charge in [0.25, 0.3) is 0 Å². The summed E-state index contributed by atoms with van der Waals surface area (Å²) in [4.78, 5) is 79.1. The number of aryl methyl sites for hydroxylation is 3. The Morgan fingerprint density at radius 3 is 2.08 bits per heavy atom. The minimum Gasteiger partial charge on any atom is -0.466 e. The minimum absolute atomic E-state index is 0.0843. The van der Waals surface area contributed by atoms with Crippen molar-refractivity contribution in [3.63, 3.8) is 0 Å². The Balaban J connectivity index is 1.21. The molecule has 3 aliphatic heterocycles. The van der Waals surface area contributed by atoms with Crippen LogP contribution in [0.1, 0.15) is 118 Å². The molecule has 1 fully saturated rings. The number of allylic oxidation sites excluding steroid dienone is 3. The fourth-order valence-corrected chi connectivity index (χ4v) is 9.55. The van der Waals surface area contributed by atoms with Gasteiger partial charge in [-0.2, -0.15) is 0 Å². The molecule has 0 saturated carbocycles. The predicted molar refractivity (Wildman–Crippen MR) is 250 cm³/mol. The summed E-state index contributed by atoms with van der Waals surface area (Å²) in [5, 5.41) is 0. The quantitative estimate of drug-likeness (QED) is 0.0836. The maximum absolute atomic E-state index is 13.3. The molecule has 8 bridgehead atoms. The second-order valence-electron chi connectivity index (χ2n) is 16.3. The lowest BCUT2D eigenvalue weighted by Crippen LogP contribution is -2.61. The molecule has 65 heavy (non-hydrogen) atoms. The zero-order chi connectivity index (χ0) is 47.3. The van der Waals surface area contributed by atoms with Gasteiger partial charge in [-0.05, 0) is 117 Å². The van der Waals surface area contributed by atoms with Crippen LogP contribution in [0.2, 0.25) is 0 Å². The van der Waals surface area contributed by atoms with Crippen LogP contribution in [0.5, 0.6) is 0 Å². The molecule has 0 aliphatic carbocycles. The van der Waals surface area contributed by atoms with E-state index in [-0.39, 0.29) is 19.6 Å². The number of hydrogen-bond acceptors (Lipinski definition) is 14. The molecule has 3 aromatic rings. The van der Waals surface area contributed by atoms with E-state index < -0.39 is 59.7 Å². The molecule has 6 heterocycles. The van der Waals surface area contributed by atoms with Crippen LogP contribution in [-0.2, 0) is 58.8 Å². The molecule has 2 N–H and O–H groups in total. The molecule has 0 unspecified atom stereocenters. The van der Waals surface area contributed by atoms with Gasteiger partial charge in [-0.1, -0.05) is 19.6 Å². The van der Waals surface area contributed by atoms with E-state index in [9.17, 15) is 24.0 Å². The number of hydrogen-bond donors (Lipinski definition) is 2. The molecular weight excluding hydrogens is 853 g/mol. The van der Waals surface area contributed by atoms with Crippen LogP contribution in [0.15, 0.2) is 24.8 Å². The molecule has 1 saturated heterocycles. The second kappa shape index (κ2) is 20.9. The standard InChI is InChI=1S/C49H58N4O11S/c1-12-33-26(5)39-22-42-34(13-2)25(4)38(51-42)21-40-27(6)35(45(53-40)28(7)37-19-24(3)36(50-37)20-41(33)52-39)15-16-44(58)59-17-14-18-65-49-48(63-32(11)57)47(62-31(10)56)46(61-30(9)55)43(64-49)23-60-29(8)54/h13,19-22,43,46-49,51-52H,2,12,14-18,23H2,1,3-11H3/t43-,46-,47+,48-,49+/m1/s1. The van der Waals surface area contributed by atoms with E-state index in [1.807, 2.05) is 19.9 Å². The van der Waals surface area contributed by atoms with Crippen molar-refractivity contribution >= 4 is 92.5 Å². The van der Waals surface area contributed by atoms with Crippen molar-refractivity contribution in [1.29, 1.82) is 0 Å². The topological polar surface area (TPSA) is 198 Å². The number of aromatic nitrogens is 4. The van der Waals surface area contributed by atoms with Gasteiger partial charge < -0.3 is 38.4 Å². The first-order valence-electron chi connectivity index (χ1n) is 21.7. The lowest BCUT2D eigenvalue weighted by atomic mass is 9.98. The highest BCUT2D eigenvalue weighted by molar-refractivity contribution is 7.99. The summed E-state index contributed by atoms with van der Waals surface area (Å²) in [6, 6.07) is 6.30. The van der Waals surface area contributed by atoms with E-state index in [2.05, 4.69) is 68.5 Å². The first-order chi connectivity index (χ1) is 30.9. The number of esters is 5. The Morgan fingerprint density at radius 2 is 1.42 bits per heavy atom. The summed E-state index contributed by atoms with van der Waals surface area (Å²) in [6.45, 7) is 21.1. The average Bonchev–Trinajstić information content (AvgIpc) is 3.94. The van der Waals surface area contributed by atoms with Crippen molar-refractivity contribution in [3.05, 3.63) is 75.4 Å². The van der Waals surface area contributed by atoms with Gasteiger partial charge in [0, 0.05) is 67.3 Å². The Kier molecular flexibility index (Phi) is 15.6. The van der Waals surface area contributed by atoms with Crippen molar-refractivity contribution in [2.75, 3.05) is 19.0 Å². The van der Waals surface area contributed by atoms with Crippen LogP contribution in [0.4, 0.5) is 0 Å². The summed E-state index contributed by atoms with van der Waals surface area (Å²) in [7, 11) is 0. The third-order valence-electron chi connectivity index (χ3n) is 11.7. The van der Waals surface area contributed by atoms with Crippen LogP contribution in [0, 0.1) is 20.8 Å². The van der Waals surface area contributed by atoms with Gasteiger partial charge in [0.05, 0.1) is 29.4 Å². The zero-order valence-corrected chi connectivity index (χ0v) is 39.5. The SMILES string of the molecule is C=Cc1c(C)c2cc3nc(c(C)c4nc(cc5[nH]c(cc1[nH]2)c(C)c5CC)C(C)=C4)C(CCC(=O)OCCCS[C@@H]1O[C@H](COC(C)=O)[C@@H](OC(C)=O)[C@H](OC(C)=O)[C@H]1OC(C)=O)=C3C. The van der Waals surface area contributed by atoms with Crippen LogP contribution in [0.25, 0.3) is 50.9 Å². The lowest BCUT2D eigenvalue weighted by molar-refractivity contribution is -0.237. The maximum atomic E-state index is 13.3. The molecule has 6 rings (SSSR count). The van der Waals surface area contributed by atoms with Gasteiger partial charge in [0.2, 0.25) is 0 Å². The molecule has 16 heteroatoms. The lowest BCUT2D eigenvalue weighted by Gasteiger charge is -2.44. The summed E-state index contributed by atoms with van der Waals surface area (Å²) < 4.78 is 33.6.